The van der Waals surface area contributed by atoms with Crippen LogP contribution < -0.4 is 0 Å². The molecule has 1 aliphatic heterocycles. The molecule has 0 fully saturated rings. The van der Waals surface area contributed by atoms with E-state index in [1.165, 1.54) is 24.3 Å². The number of rotatable bonds is 4. The maximum absolute atomic E-state index is 12.3. The second-order valence-corrected chi connectivity index (χ2v) is 4.38. The van der Waals surface area contributed by atoms with Gasteiger partial charge in [0.1, 0.15) is 6.61 Å². The molecule has 0 spiro atoms. The van der Waals surface area contributed by atoms with Crippen LogP contribution in [0, 0.1) is 10.1 Å². The first kappa shape index (κ1) is 14.0. The number of hydrogen-bond acceptors (Lipinski definition) is 6. The molecule has 0 radical (unpaired) electrons. The maximum atomic E-state index is 12.3. The number of non-ortho nitro benzene ring substituents is 1. The van der Waals surface area contributed by atoms with Crippen molar-refractivity contribution >= 4 is 17.4 Å². The Kier molecular flexibility index (Phi) is 3.69. The van der Waals surface area contributed by atoms with Gasteiger partial charge in [-0.2, -0.15) is 0 Å². The third-order valence-electron chi connectivity index (χ3n) is 3.29. The molecular formula is C13H14N2O5. The Labute approximate surface area is 115 Å². The lowest BCUT2D eigenvalue weighted by atomic mass is 9.77. The van der Waals surface area contributed by atoms with E-state index in [1.807, 2.05) is 0 Å². The fraction of sp³-hybridized carbons (Fsp3) is 0.385. The molecule has 0 aromatic heterocycles. The van der Waals surface area contributed by atoms with Crippen molar-refractivity contribution < 1.29 is 19.3 Å². The van der Waals surface area contributed by atoms with Gasteiger partial charge in [0.25, 0.3) is 5.69 Å². The summed E-state index contributed by atoms with van der Waals surface area (Å²) in [6.45, 7) is 3.66. The molecule has 0 amide bonds. The Morgan fingerprint density at radius 2 is 2.15 bits per heavy atom. The molecule has 0 aliphatic carbocycles. The minimum atomic E-state index is -1.12. The van der Waals surface area contributed by atoms with Crippen LogP contribution in [0.4, 0.5) is 5.69 Å². The highest BCUT2D eigenvalue weighted by molar-refractivity contribution is 6.12. The lowest BCUT2D eigenvalue weighted by Crippen LogP contribution is -2.44. The Bertz CT molecular complexity index is 567. The largest absolute Gasteiger partial charge is 0.465 e. The normalized spacial score (nSPS) is 21.0. The summed E-state index contributed by atoms with van der Waals surface area (Å²) in [5.41, 5.74) is -0.114. The number of carbonyl (C=O) groups is 1. The number of nitrogens with zero attached hydrogens (tertiary/aromatic N) is 2. The lowest BCUT2D eigenvalue weighted by molar-refractivity contribution is -0.384. The molecule has 20 heavy (non-hydrogen) atoms. The SMILES string of the molecule is CCOC(=O)C1(c2ccc([N+](=O)[O-])cc2)CON=C1C. The van der Waals surface area contributed by atoms with Crippen molar-refractivity contribution in [2.24, 2.45) is 5.16 Å². The highest BCUT2D eigenvalue weighted by Gasteiger charge is 2.49. The predicted molar refractivity (Wildman–Crippen MR) is 70.5 cm³/mol. The zero-order valence-electron chi connectivity index (χ0n) is 11.2. The summed E-state index contributed by atoms with van der Waals surface area (Å²) in [4.78, 5) is 27.5. The second kappa shape index (κ2) is 5.28. The zero-order valence-corrected chi connectivity index (χ0v) is 11.2. The van der Waals surface area contributed by atoms with E-state index >= 15 is 0 Å². The Morgan fingerprint density at radius 3 is 2.60 bits per heavy atom. The molecule has 7 heteroatoms. The van der Waals surface area contributed by atoms with Gasteiger partial charge in [-0.05, 0) is 19.4 Å². The summed E-state index contributed by atoms with van der Waals surface area (Å²) in [7, 11) is 0. The molecule has 1 aromatic carbocycles. The topological polar surface area (TPSA) is 91.0 Å². The quantitative estimate of drug-likeness (QED) is 0.476. The van der Waals surface area contributed by atoms with Crippen molar-refractivity contribution in [2.75, 3.05) is 13.2 Å². The van der Waals surface area contributed by atoms with Crippen molar-refractivity contribution in [3.8, 4) is 0 Å². The molecule has 1 aliphatic rings. The van der Waals surface area contributed by atoms with Crippen molar-refractivity contribution in [2.45, 2.75) is 19.3 Å². The van der Waals surface area contributed by atoms with Gasteiger partial charge in [-0.3, -0.25) is 14.9 Å². The number of ether oxygens (including phenoxy) is 1. The van der Waals surface area contributed by atoms with E-state index in [9.17, 15) is 14.9 Å². The van der Waals surface area contributed by atoms with Crippen LogP contribution in [0.3, 0.4) is 0 Å². The van der Waals surface area contributed by atoms with Crippen molar-refractivity contribution in [1.82, 2.24) is 0 Å². The third-order valence-corrected chi connectivity index (χ3v) is 3.29. The highest BCUT2D eigenvalue weighted by Crippen LogP contribution is 2.33. The predicted octanol–water partition coefficient (Wildman–Crippen LogP) is 1.80. The van der Waals surface area contributed by atoms with Gasteiger partial charge in [-0.25, -0.2) is 0 Å². The first-order chi connectivity index (χ1) is 9.52. The fourth-order valence-corrected chi connectivity index (χ4v) is 2.15. The summed E-state index contributed by atoms with van der Waals surface area (Å²) in [5, 5.41) is 14.5. The molecule has 1 aromatic rings. The zero-order chi connectivity index (χ0) is 14.8. The first-order valence-corrected chi connectivity index (χ1v) is 6.11. The maximum Gasteiger partial charge on any atom is 0.326 e. The monoisotopic (exact) mass is 278 g/mol. The smallest absolute Gasteiger partial charge is 0.326 e. The average Bonchev–Trinajstić information content (AvgIpc) is 2.82. The van der Waals surface area contributed by atoms with E-state index in [2.05, 4.69) is 5.16 Å². The van der Waals surface area contributed by atoms with Gasteiger partial charge in [0.15, 0.2) is 5.41 Å². The van der Waals surface area contributed by atoms with Gasteiger partial charge in [0.05, 0.1) is 17.2 Å². The number of nitro groups is 1. The second-order valence-electron chi connectivity index (χ2n) is 4.38. The number of hydrogen-bond donors (Lipinski definition) is 0. The number of nitro benzene ring substituents is 1. The van der Waals surface area contributed by atoms with Crippen LogP contribution in [0.2, 0.25) is 0 Å². The Hall–Kier alpha value is -2.44. The molecular weight excluding hydrogens is 264 g/mol. The standard InChI is InChI=1S/C13H14N2O5/c1-3-19-12(16)13(8-20-14-9(13)2)10-4-6-11(7-5-10)15(17)18/h4-7H,3,8H2,1-2H3. The lowest BCUT2D eigenvalue weighted by Gasteiger charge is -2.25. The third kappa shape index (κ3) is 2.11. The van der Waals surface area contributed by atoms with Crippen LogP contribution >= 0.6 is 0 Å². The summed E-state index contributed by atoms with van der Waals surface area (Å²) in [6, 6.07) is 5.76. The summed E-state index contributed by atoms with van der Waals surface area (Å²) < 4.78 is 5.10. The number of carbonyl (C=O) groups excluding carboxylic acids is 1. The van der Waals surface area contributed by atoms with E-state index < -0.39 is 16.3 Å². The number of benzene rings is 1. The highest BCUT2D eigenvalue weighted by atomic mass is 16.6. The summed E-state index contributed by atoms with van der Waals surface area (Å²) in [5.74, 6) is -0.465. The molecule has 1 atom stereocenters. The van der Waals surface area contributed by atoms with Crippen LogP contribution in [-0.4, -0.2) is 29.8 Å². The van der Waals surface area contributed by atoms with Crippen LogP contribution in [-0.2, 0) is 19.8 Å². The number of oxime groups is 1. The van der Waals surface area contributed by atoms with Gasteiger partial charge < -0.3 is 9.57 Å². The molecule has 1 heterocycles. The van der Waals surface area contributed by atoms with Crippen LogP contribution in [0.15, 0.2) is 29.4 Å². The summed E-state index contributed by atoms with van der Waals surface area (Å²) in [6.07, 6.45) is 0. The van der Waals surface area contributed by atoms with E-state index in [-0.39, 0.29) is 18.9 Å². The van der Waals surface area contributed by atoms with Gasteiger partial charge in [-0.15, -0.1) is 0 Å². The summed E-state index contributed by atoms with van der Waals surface area (Å²) >= 11 is 0. The van der Waals surface area contributed by atoms with E-state index in [0.717, 1.165) is 0 Å². The van der Waals surface area contributed by atoms with Gasteiger partial charge >= 0.3 is 5.97 Å². The van der Waals surface area contributed by atoms with Crippen molar-refractivity contribution in [3.05, 3.63) is 39.9 Å². The fourth-order valence-electron chi connectivity index (χ4n) is 2.15. The average molecular weight is 278 g/mol. The molecule has 2 rings (SSSR count). The molecule has 1 unspecified atom stereocenters. The van der Waals surface area contributed by atoms with Crippen molar-refractivity contribution in [1.29, 1.82) is 0 Å². The van der Waals surface area contributed by atoms with Crippen molar-refractivity contribution in [3.63, 3.8) is 0 Å². The Morgan fingerprint density at radius 1 is 1.50 bits per heavy atom. The minimum absolute atomic E-state index is 0.0372. The molecule has 0 saturated carbocycles. The molecule has 0 N–H and O–H groups in total. The van der Waals surface area contributed by atoms with E-state index in [1.54, 1.807) is 13.8 Å². The molecule has 7 nitrogen and oxygen atoms in total. The van der Waals surface area contributed by atoms with Crippen LogP contribution in [0.1, 0.15) is 19.4 Å². The molecule has 0 bridgehead atoms. The van der Waals surface area contributed by atoms with Gasteiger partial charge in [0, 0.05) is 12.1 Å². The minimum Gasteiger partial charge on any atom is -0.465 e. The van der Waals surface area contributed by atoms with Gasteiger partial charge in [-0.1, -0.05) is 17.3 Å². The molecule has 0 saturated heterocycles. The van der Waals surface area contributed by atoms with Gasteiger partial charge in [0.2, 0.25) is 0 Å². The van der Waals surface area contributed by atoms with Crippen LogP contribution in [0.25, 0.3) is 0 Å². The molecule has 106 valence electrons. The van der Waals surface area contributed by atoms with Crippen LogP contribution in [0.5, 0.6) is 0 Å². The first-order valence-electron chi connectivity index (χ1n) is 6.11. The van der Waals surface area contributed by atoms with E-state index in [4.69, 9.17) is 9.57 Å². The Balaban J connectivity index is 2.45. The number of esters is 1. The van der Waals surface area contributed by atoms with E-state index in [0.29, 0.717) is 11.3 Å².